The maximum Gasteiger partial charge on any atom is 0.283 e. The second-order valence-corrected chi connectivity index (χ2v) is 7.64. The second-order valence-electron chi connectivity index (χ2n) is 6.55. The van der Waals surface area contributed by atoms with Crippen LogP contribution in [0.1, 0.15) is 41.1 Å². The van der Waals surface area contributed by atoms with Crippen molar-refractivity contribution in [2.24, 2.45) is 5.10 Å². The van der Waals surface area contributed by atoms with Gasteiger partial charge in [0, 0.05) is 11.1 Å². The summed E-state index contributed by atoms with van der Waals surface area (Å²) in [7, 11) is 0. The van der Waals surface area contributed by atoms with E-state index in [0.29, 0.717) is 5.82 Å². The molecule has 132 valence electrons. The van der Waals surface area contributed by atoms with Gasteiger partial charge in [-0.1, -0.05) is 42.8 Å². The van der Waals surface area contributed by atoms with Crippen LogP contribution in [0, 0.1) is 6.92 Å². The first kappa shape index (κ1) is 16.9. The molecular formula is C21H21N3OS. The lowest BCUT2D eigenvalue weighted by atomic mass is 10.1. The van der Waals surface area contributed by atoms with E-state index in [-0.39, 0.29) is 5.56 Å². The van der Waals surface area contributed by atoms with Gasteiger partial charge in [0.05, 0.1) is 5.39 Å². The molecule has 4 nitrogen and oxygen atoms in total. The highest BCUT2D eigenvalue weighted by molar-refractivity contribution is 7.18. The Balaban J connectivity index is 1.71. The Hall–Kier alpha value is -2.53. The lowest BCUT2D eigenvalue weighted by molar-refractivity contribution is 0.712. The standard InChI is InChI=1S/C21H21N3OS/c1-15-23-20-19(17-12-6-3-7-13-18(17)26-20)21(25)24(15)22-14-8-11-16-9-4-2-5-10-16/h2,4-5,8-11,14H,3,6-7,12-13H2,1H3. The average Bonchev–Trinajstić information content (AvgIpc) is 2.83. The molecule has 0 N–H and O–H groups in total. The molecule has 3 aromatic rings. The van der Waals surface area contributed by atoms with Gasteiger partial charge in [0.1, 0.15) is 10.7 Å². The van der Waals surface area contributed by atoms with Crippen LogP contribution in [-0.2, 0) is 12.8 Å². The first-order chi connectivity index (χ1) is 12.7. The molecule has 0 aliphatic heterocycles. The Morgan fingerprint density at radius 2 is 1.96 bits per heavy atom. The number of thiophene rings is 1. The Morgan fingerprint density at radius 1 is 1.15 bits per heavy atom. The van der Waals surface area contributed by atoms with E-state index in [2.05, 4.69) is 10.1 Å². The highest BCUT2D eigenvalue weighted by Crippen LogP contribution is 2.33. The summed E-state index contributed by atoms with van der Waals surface area (Å²) >= 11 is 1.69. The molecule has 0 fully saturated rings. The van der Waals surface area contributed by atoms with Crippen molar-refractivity contribution in [3.05, 3.63) is 68.6 Å². The Bertz CT molecular complexity index is 1040. The summed E-state index contributed by atoms with van der Waals surface area (Å²) in [5.74, 6) is 0.628. The summed E-state index contributed by atoms with van der Waals surface area (Å²) in [5.41, 5.74) is 2.26. The Kier molecular flexibility index (Phi) is 4.80. The van der Waals surface area contributed by atoms with Crippen LogP contribution in [0.5, 0.6) is 0 Å². The van der Waals surface area contributed by atoms with Gasteiger partial charge in [-0.2, -0.15) is 9.78 Å². The number of rotatable bonds is 3. The van der Waals surface area contributed by atoms with Crippen LogP contribution in [0.2, 0.25) is 0 Å². The zero-order valence-electron chi connectivity index (χ0n) is 14.8. The molecule has 0 saturated heterocycles. The van der Waals surface area contributed by atoms with Crippen LogP contribution in [0.4, 0.5) is 0 Å². The number of nitrogens with zero attached hydrogens (tertiary/aromatic N) is 3. The highest BCUT2D eigenvalue weighted by Gasteiger charge is 2.20. The normalized spacial score (nSPS) is 15.0. The van der Waals surface area contributed by atoms with Crippen molar-refractivity contribution in [3.8, 4) is 0 Å². The number of fused-ring (bicyclic) bond motifs is 3. The third-order valence-electron chi connectivity index (χ3n) is 4.74. The van der Waals surface area contributed by atoms with Gasteiger partial charge >= 0.3 is 0 Å². The molecule has 0 atom stereocenters. The van der Waals surface area contributed by atoms with Crippen molar-refractivity contribution in [3.63, 3.8) is 0 Å². The van der Waals surface area contributed by atoms with Crippen molar-refractivity contribution in [2.45, 2.75) is 39.0 Å². The van der Waals surface area contributed by atoms with Gasteiger partial charge < -0.3 is 0 Å². The van der Waals surface area contributed by atoms with Crippen LogP contribution in [0.15, 0.2) is 46.3 Å². The number of aryl methyl sites for hydroxylation is 3. The van der Waals surface area contributed by atoms with Crippen LogP contribution in [0.25, 0.3) is 16.3 Å². The van der Waals surface area contributed by atoms with Gasteiger partial charge in [-0.25, -0.2) is 4.98 Å². The molecule has 0 bridgehead atoms. The topological polar surface area (TPSA) is 47.2 Å². The summed E-state index contributed by atoms with van der Waals surface area (Å²) in [4.78, 5) is 19.9. The molecule has 0 spiro atoms. The number of aromatic nitrogens is 2. The number of benzene rings is 1. The SMILES string of the molecule is Cc1nc2sc3c(c2c(=O)n1N=CC=Cc1ccccc1)CCCCC3. The van der Waals surface area contributed by atoms with Gasteiger partial charge in [0.2, 0.25) is 0 Å². The van der Waals surface area contributed by atoms with Gasteiger partial charge in [-0.3, -0.25) is 4.79 Å². The Labute approximate surface area is 156 Å². The molecule has 5 heteroatoms. The zero-order valence-corrected chi connectivity index (χ0v) is 15.6. The van der Waals surface area contributed by atoms with Crippen molar-refractivity contribution < 1.29 is 0 Å². The molecule has 1 aliphatic carbocycles. The molecule has 2 aromatic heterocycles. The van der Waals surface area contributed by atoms with Gasteiger partial charge in [-0.15, -0.1) is 11.3 Å². The molecular weight excluding hydrogens is 342 g/mol. The van der Waals surface area contributed by atoms with E-state index < -0.39 is 0 Å². The van der Waals surface area contributed by atoms with E-state index in [0.717, 1.165) is 35.0 Å². The summed E-state index contributed by atoms with van der Waals surface area (Å²) < 4.78 is 1.43. The van der Waals surface area contributed by atoms with Crippen molar-refractivity contribution in [1.29, 1.82) is 0 Å². The first-order valence-electron chi connectivity index (χ1n) is 9.04. The summed E-state index contributed by atoms with van der Waals surface area (Å²) in [6.07, 6.45) is 11.1. The predicted molar refractivity (Wildman–Crippen MR) is 109 cm³/mol. The fraction of sp³-hybridized carbons (Fsp3) is 0.286. The summed E-state index contributed by atoms with van der Waals surface area (Å²) in [6, 6.07) is 10.0. The molecule has 26 heavy (non-hydrogen) atoms. The molecule has 2 heterocycles. The van der Waals surface area contributed by atoms with E-state index in [1.165, 1.54) is 28.0 Å². The van der Waals surface area contributed by atoms with Crippen LogP contribution < -0.4 is 5.56 Å². The lowest BCUT2D eigenvalue weighted by Gasteiger charge is -2.04. The van der Waals surface area contributed by atoms with Gasteiger partial charge in [0.25, 0.3) is 5.56 Å². The van der Waals surface area contributed by atoms with Crippen molar-refractivity contribution in [2.75, 3.05) is 0 Å². The summed E-state index contributed by atoms with van der Waals surface area (Å²) in [6.45, 7) is 1.84. The van der Waals surface area contributed by atoms with E-state index >= 15 is 0 Å². The lowest BCUT2D eigenvalue weighted by Crippen LogP contribution is -2.20. The van der Waals surface area contributed by atoms with Crippen LogP contribution >= 0.6 is 11.3 Å². The fourth-order valence-corrected chi connectivity index (χ4v) is 4.73. The monoisotopic (exact) mass is 363 g/mol. The fourth-order valence-electron chi connectivity index (χ4n) is 3.43. The van der Waals surface area contributed by atoms with E-state index in [9.17, 15) is 4.79 Å². The first-order valence-corrected chi connectivity index (χ1v) is 9.85. The van der Waals surface area contributed by atoms with Crippen LogP contribution in [-0.4, -0.2) is 15.9 Å². The maximum absolute atomic E-state index is 13.1. The highest BCUT2D eigenvalue weighted by atomic mass is 32.1. The molecule has 1 aromatic carbocycles. The maximum atomic E-state index is 13.1. The minimum Gasteiger partial charge on any atom is -0.267 e. The summed E-state index contributed by atoms with van der Waals surface area (Å²) in [5, 5.41) is 5.14. The number of allylic oxidation sites excluding steroid dienone is 1. The van der Waals surface area contributed by atoms with Gasteiger partial charge in [0.15, 0.2) is 0 Å². The minimum atomic E-state index is -0.0451. The van der Waals surface area contributed by atoms with Gasteiger partial charge in [-0.05, 0) is 49.8 Å². The third-order valence-corrected chi connectivity index (χ3v) is 5.92. The Morgan fingerprint density at radius 3 is 2.81 bits per heavy atom. The zero-order chi connectivity index (χ0) is 17.9. The number of hydrogen-bond acceptors (Lipinski definition) is 4. The average molecular weight is 363 g/mol. The molecule has 1 aliphatic rings. The van der Waals surface area contributed by atoms with E-state index in [4.69, 9.17) is 0 Å². The van der Waals surface area contributed by atoms with Crippen molar-refractivity contribution >= 4 is 33.8 Å². The van der Waals surface area contributed by atoms with E-state index in [1.807, 2.05) is 49.4 Å². The second kappa shape index (κ2) is 7.38. The molecule has 4 rings (SSSR count). The third kappa shape index (κ3) is 3.27. The largest absolute Gasteiger partial charge is 0.283 e. The number of hydrogen-bond donors (Lipinski definition) is 0. The quantitative estimate of drug-likeness (QED) is 0.505. The molecule has 0 radical (unpaired) electrons. The van der Waals surface area contributed by atoms with Crippen molar-refractivity contribution in [1.82, 2.24) is 9.66 Å². The van der Waals surface area contributed by atoms with E-state index in [1.54, 1.807) is 17.6 Å². The smallest absolute Gasteiger partial charge is 0.267 e. The molecule has 0 amide bonds. The molecule has 0 unspecified atom stereocenters. The molecule has 0 saturated carbocycles. The van der Waals surface area contributed by atoms with Crippen LogP contribution in [0.3, 0.4) is 0 Å². The minimum absolute atomic E-state index is 0.0451. The predicted octanol–water partition coefficient (Wildman–Crippen LogP) is 4.58.